The molecule has 0 aliphatic heterocycles. The quantitative estimate of drug-likeness (QED) is 0.594. The van der Waals surface area contributed by atoms with Crippen molar-refractivity contribution in [3.8, 4) is 5.75 Å². The zero-order chi connectivity index (χ0) is 22.6. The predicted molar refractivity (Wildman–Crippen MR) is 122 cm³/mol. The van der Waals surface area contributed by atoms with Gasteiger partial charge in [-0.3, -0.25) is 4.79 Å². The van der Waals surface area contributed by atoms with Gasteiger partial charge in [0.2, 0.25) is 10.0 Å². The van der Waals surface area contributed by atoms with Crippen LogP contribution >= 0.6 is 0 Å². The van der Waals surface area contributed by atoms with Crippen molar-refractivity contribution in [2.75, 3.05) is 19.4 Å². The lowest BCUT2D eigenvalue weighted by Crippen LogP contribution is -2.23. The van der Waals surface area contributed by atoms with Gasteiger partial charge < -0.3 is 10.1 Å². The Kier molecular flexibility index (Phi) is 6.77. The number of carbonyl (C=O) groups is 1. The number of anilines is 1. The van der Waals surface area contributed by atoms with Crippen molar-refractivity contribution < 1.29 is 17.9 Å². The fourth-order valence-electron chi connectivity index (χ4n) is 3.05. The standard InChI is InChI=1S/C24H26N2O4S/c1-17-14-21(31(28,29)26(3)4)15-23(18(17)2)25-24(27)22-13-9-8-10-19(22)16-30-20-11-6-5-7-12-20/h5-15H,16H2,1-4H3,(H,25,27). The highest BCUT2D eigenvalue weighted by Gasteiger charge is 2.21. The summed E-state index contributed by atoms with van der Waals surface area (Å²) in [5.74, 6) is 0.389. The normalized spacial score (nSPS) is 11.4. The second-order valence-corrected chi connectivity index (χ2v) is 9.56. The van der Waals surface area contributed by atoms with E-state index in [1.807, 2.05) is 56.3 Å². The number of benzene rings is 3. The lowest BCUT2D eigenvalue weighted by atomic mass is 10.1. The number of rotatable bonds is 7. The van der Waals surface area contributed by atoms with Gasteiger partial charge in [0.1, 0.15) is 12.4 Å². The molecule has 0 fully saturated rings. The van der Waals surface area contributed by atoms with E-state index in [0.717, 1.165) is 21.0 Å². The summed E-state index contributed by atoms with van der Waals surface area (Å²) in [7, 11) is -0.669. The van der Waals surface area contributed by atoms with Crippen molar-refractivity contribution in [2.45, 2.75) is 25.3 Å². The number of carbonyl (C=O) groups excluding carboxylic acids is 1. The number of nitrogens with zero attached hydrogens (tertiary/aromatic N) is 1. The Bertz CT molecular complexity index is 1190. The van der Waals surface area contributed by atoms with Crippen molar-refractivity contribution >= 4 is 21.6 Å². The van der Waals surface area contributed by atoms with E-state index in [0.29, 0.717) is 17.0 Å². The van der Waals surface area contributed by atoms with E-state index >= 15 is 0 Å². The molecule has 0 saturated heterocycles. The molecule has 3 aromatic carbocycles. The van der Waals surface area contributed by atoms with E-state index in [4.69, 9.17) is 4.74 Å². The molecule has 0 heterocycles. The summed E-state index contributed by atoms with van der Waals surface area (Å²) in [5.41, 5.74) is 3.25. The number of ether oxygens (including phenoxy) is 1. The summed E-state index contributed by atoms with van der Waals surface area (Å²) in [5, 5.41) is 2.88. The monoisotopic (exact) mass is 438 g/mol. The average molecular weight is 439 g/mol. The van der Waals surface area contributed by atoms with Gasteiger partial charge in [-0.05, 0) is 55.3 Å². The molecule has 0 aromatic heterocycles. The van der Waals surface area contributed by atoms with Crippen molar-refractivity contribution in [1.82, 2.24) is 4.31 Å². The molecular weight excluding hydrogens is 412 g/mol. The molecule has 7 heteroatoms. The molecule has 31 heavy (non-hydrogen) atoms. The highest BCUT2D eigenvalue weighted by atomic mass is 32.2. The molecule has 3 aromatic rings. The van der Waals surface area contributed by atoms with Gasteiger partial charge in [-0.1, -0.05) is 36.4 Å². The average Bonchev–Trinajstić information content (AvgIpc) is 2.76. The van der Waals surface area contributed by atoms with Crippen LogP contribution in [0.3, 0.4) is 0 Å². The number of hydrogen-bond donors (Lipinski definition) is 1. The van der Waals surface area contributed by atoms with Gasteiger partial charge in [0, 0.05) is 30.9 Å². The van der Waals surface area contributed by atoms with E-state index in [-0.39, 0.29) is 17.4 Å². The Morgan fingerprint density at radius 3 is 2.29 bits per heavy atom. The Balaban J connectivity index is 1.88. The second-order valence-electron chi connectivity index (χ2n) is 7.41. The smallest absolute Gasteiger partial charge is 0.256 e. The first-order chi connectivity index (χ1) is 14.7. The summed E-state index contributed by atoms with van der Waals surface area (Å²) < 4.78 is 32.1. The predicted octanol–water partition coefficient (Wildman–Crippen LogP) is 4.39. The van der Waals surface area contributed by atoms with Crippen molar-refractivity contribution in [1.29, 1.82) is 0 Å². The van der Waals surface area contributed by atoms with Gasteiger partial charge in [-0.25, -0.2) is 12.7 Å². The molecule has 0 saturated carbocycles. The van der Waals surface area contributed by atoms with Gasteiger partial charge in [0.15, 0.2) is 0 Å². The second kappa shape index (κ2) is 9.32. The first-order valence-electron chi connectivity index (χ1n) is 9.81. The molecule has 6 nitrogen and oxygen atoms in total. The zero-order valence-corrected chi connectivity index (χ0v) is 18.9. The lowest BCUT2D eigenvalue weighted by Gasteiger charge is -2.17. The number of amides is 1. The van der Waals surface area contributed by atoms with Crippen LogP contribution < -0.4 is 10.1 Å². The zero-order valence-electron chi connectivity index (χ0n) is 18.0. The Morgan fingerprint density at radius 2 is 1.61 bits per heavy atom. The third-order valence-corrected chi connectivity index (χ3v) is 6.86. The van der Waals surface area contributed by atoms with Crippen LogP contribution in [0.5, 0.6) is 5.75 Å². The molecule has 0 aliphatic carbocycles. The minimum absolute atomic E-state index is 0.136. The van der Waals surface area contributed by atoms with Crippen LogP contribution in [0.15, 0.2) is 71.6 Å². The molecule has 0 bridgehead atoms. The van der Waals surface area contributed by atoms with E-state index in [9.17, 15) is 13.2 Å². The first-order valence-corrected chi connectivity index (χ1v) is 11.2. The molecule has 0 radical (unpaired) electrons. The Morgan fingerprint density at radius 1 is 0.968 bits per heavy atom. The van der Waals surface area contributed by atoms with Crippen LogP contribution in [0.25, 0.3) is 0 Å². The molecule has 0 aliphatic rings. The van der Waals surface area contributed by atoms with Gasteiger partial charge in [-0.2, -0.15) is 0 Å². The van der Waals surface area contributed by atoms with E-state index in [1.165, 1.54) is 20.2 Å². The number of hydrogen-bond acceptors (Lipinski definition) is 4. The van der Waals surface area contributed by atoms with Crippen molar-refractivity contribution in [3.63, 3.8) is 0 Å². The topological polar surface area (TPSA) is 75.7 Å². The van der Waals surface area contributed by atoms with Gasteiger partial charge >= 0.3 is 0 Å². The first kappa shape index (κ1) is 22.5. The maximum Gasteiger partial charge on any atom is 0.256 e. The third kappa shape index (κ3) is 5.13. The van der Waals surface area contributed by atoms with Crippen LogP contribution in [-0.4, -0.2) is 32.7 Å². The SMILES string of the molecule is Cc1cc(S(=O)(=O)N(C)C)cc(NC(=O)c2ccccc2COc2ccccc2)c1C. The third-order valence-electron chi connectivity index (χ3n) is 5.07. The van der Waals surface area contributed by atoms with Crippen LogP contribution in [0.4, 0.5) is 5.69 Å². The van der Waals surface area contributed by atoms with Crippen LogP contribution in [-0.2, 0) is 16.6 Å². The fourth-order valence-corrected chi connectivity index (χ4v) is 4.07. The number of aryl methyl sites for hydroxylation is 1. The fraction of sp³-hybridized carbons (Fsp3) is 0.208. The lowest BCUT2D eigenvalue weighted by molar-refractivity contribution is 0.102. The Labute approximate surface area is 183 Å². The summed E-state index contributed by atoms with van der Waals surface area (Å²) >= 11 is 0. The maximum absolute atomic E-state index is 13.1. The molecule has 1 N–H and O–H groups in total. The van der Waals surface area contributed by atoms with Gasteiger partial charge in [0.05, 0.1) is 4.90 Å². The maximum atomic E-state index is 13.1. The van der Waals surface area contributed by atoms with E-state index in [2.05, 4.69) is 5.32 Å². The van der Waals surface area contributed by atoms with Crippen LogP contribution in [0.2, 0.25) is 0 Å². The summed E-state index contributed by atoms with van der Waals surface area (Å²) in [6, 6.07) is 19.7. The minimum atomic E-state index is -3.62. The molecular formula is C24H26N2O4S. The summed E-state index contributed by atoms with van der Waals surface area (Å²) in [4.78, 5) is 13.2. The highest BCUT2D eigenvalue weighted by Crippen LogP contribution is 2.26. The van der Waals surface area contributed by atoms with Gasteiger partial charge in [0.25, 0.3) is 5.91 Å². The molecule has 0 unspecified atom stereocenters. The van der Waals surface area contributed by atoms with Gasteiger partial charge in [-0.15, -0.1) is 0 Å². The number of sulfonamides is 1. The molecule has 0 atom stereocenters. The molecule has 1 amide bonds. The largest absolute Gasteiger partial charge is 0.489 e. The minimum Gasteiger partial charge on any atom is -0.489 e. The van der Waals surface area contributed by atoms with Crippen molar-refractivity contribution in [2.24, 2.45) is 0 Å². The van der Waals surface area contributed by atoms with E-state index in [1.54, 1.807) is 18.2 Å². The van der Waals surface area contributed by atoms with Crippen LogP contribution in [0, 0.1) is 13.8 Å². The summed E-state index contributed by atoms with van der Waals surface area (Å²) in [6.45, 7) is 3.91. The summed E-state index contributed by atoms with van der Waals surface area (Å²) in [6.07, 6.45) is 0. The highest BCUT2D eigenvalue weighted by molar-refractivity contribution is 7.89. The number of nitrogens with one attached hydrogen (secondary N) is 1. The Hall–Kier alpha value is -3.16. The van der Waals surface area contributed by atoms with E-state index < -0.39 is 10.0 Å². The van der Waals surface area contributed by atoms with Crippen LogP contribution in [0.1, 0.15) is 27.0 Å². The molecule has 0 spiro atoms. The number of para-hydroxylation sites is 1. The molecule has 3 rings (SSSR count). The van der Waals surface area contributed by atoms with Crippen molar-refractivity contribution in [3.05, 3.63) is 89.0 Å². The molecule has 162 valence electrons.